The summed E-state index contributed by atoms with van der Waals surface area (Å²) in [4.78, 5) is 20.3. The molecule has 158 valence electrons. The van der Waals surface area contributed by atoms with Gasteiger partial charge in [-0.15, -0.1) is 0 Å². The number of rotatable bonds is 6. The zero-order chi connectivity index (χ0) is 21.0. The largest absolute Gasteiger partial charge is 0.416 e. The first kappa shape index (κ1) is 21.3. The predicted molar refractivity (Wildman–Crippen MR) is 99.7 cm³/mol. The van der Waals surface area contributed by atoms with Crippen LogP contribution in [0.25, 0.3) is 11.4 Å². The Kier molecular flexibility index (Phi) is 6.53. The van der Waals surface area contributed by atoms with Gasteiger partial charge in [0.1, 0.15) is 0 Å². The zero-order valence-electron chi connectivity index (χ0n) is 16.4. The van der Waals surface area contributed by atoms with Gasteiger partial charge in [-0.3, -0.25) is 14.6 Å². The summed E-state index contributed by atoms with van der Waals surface area (Å²) < 4.78 is 43.8. The molecule has 2 heterocycles. The second kappa shape index (κ2) is 8.91. The number of amides is 1. The maximum atomic E-state index is 12.9. The molecule has 3 rings (SSSR count). The summed E-state index contributed by atoms with van der Waals surface area (Å²) in [6.45, 7) is 7.57. The number of halogens is 3. The first-order valence-corrected chi connectivity index (χ1v) is 9.45. The van der Waals surface area contributed by atoms with Gasteiger partial charge in [0, 0.05) is 37.8 Å². The first-order chi connectivity index (χ1) is 13.7. The minimum Gasteiger partial charge on any atom is -0.353 e. The highest BCUT2D eigenvalue weighted by atomic mass is 19.4. The molecular weight excluding hydrogens is 387 g/mol. The zero-order valence-corrected chi connectivity index (χ0v) is 16.4. The van der Waals surface area contributed by atoms with Crippen molar-refractivity contribution in [3.63, 3.8) is 0 Å². The number of benzene rings is 1. The van der Waals surface area contributed by atoms with Gasteiger partial charge in [0.05, 0.1) is 18.7 Å². The average Bonchev–Trinajstić information content (AvgIpc) is 3.11. The van der Waals surface area contributed by atoms with E-state index in [-0.39, 0.29) is 23.3 Å². The summed E-state index contributed by atoms with van der Waals surface area (Å²) >= 11 is 0. The topological polar surface area (TPSA) is 74.5 Å². The third-order valence-electron chi connectivity index (χ3n) is 4.56. The van der Waals surface area contributed by atoms with E-state index in [0.29, 0.717) is 19.0 Å². The maximum Gasteiger partial charge on any atom is 0.416 e. The van der Waals surface area contributed by atoms with Crippen LogP contribution in [0.5, 0.6) is 0 Å². The van der Waals surface area contributed by atoms with Crippen LogP contribution in [0.1, 0.15) is 25.3 Å². The Hall–Kier alpha value is -2.46. The van der Waals surface area contributed by atoms with Gasteiger partial charge in [0.25, 0.3) is 0 Å². The molecule has 1 aliphatic heterocycles. The standard InChI is InChI=1S/C19H24F3N5O2/c1-13(2)23-16(28)11-26-6-8-27(9-7-26)12-17-24-18(25-29-17)14-4-3-5-15(10-14)19(20,21)22/h3-5,10,13H,6-9,11-12H2,1-2H3,(H,23,28). The van der Waals surface area contributed by atoms with E-state index in [1.54, 1.807) is 0 Å². The Bertz CT molecular complexity index is 829. The fraction of sp³-hybridized carbons (Fsp3) is 0.526. The Morgan fingerprint density at radius 2 is 1.90 bits per heavy atom. The molecule has 0 unspecified atom stereocenters. The summed E-state index contributed by atoms with van der Waals surface area (Å²) in [5.74, 6) is 0.495. The van der Waals surface area contributed by atoms with Crippen molar-refractivity contribution in [3.8, 4) is 11.4 Å². The summed E-state index contributed by atoms with van der Waals surface area (Å²) in [5.41, 5.74) is -0.491. The SMILES string of the molecule is CC(C)NC(=O)CN1CCN(Cc2nc(-c3cccc(C(F)(F)F)c3)no2)CC1. The number of alkyl halides is 3. The molecule has 0 spiro atoms. The lowest BCUT2D eigenvalue weighted by Crippen LogP contribution is -2.49. The highest BCUT2D eigenvalue weighted by Crippen LogP contribution is 2.31. The van der Waals surface area contributed by atoms with E-state index in [1.807, 2.05) is 13.8 Å². The Morgan fingerprint density at radius 1 is 1.21 bits per heavy atom. The number of carbonyl (C=O) groups excluding carboxylic acids is 1. The molecule has 1 amide bonds. The lowest BCUT2D eigenvalue weighted by molar-refractivity contribution is -0.137. The Labute approximate surface area is 166 Å². The number of piperazine rings is 1. The summed E-state index contributed by atoms with van der Waals surface area (Å²) in [6, 6.07) is 4.97. The summed E-state index contributed by atoms with van der Waals surface area (Å²) in [5, 5.41) is 6.69. The van der Waals surface area contributed by atoms with E-state index < -0.39 is 11.7 Å². The summed E-state index contributed by atoms with van der Waals surface area (Å²) in [6.07, 6.45) is -4.42. The van der Waals surface area contributed by atoms with Gasteiger partial charge in [-0.25, -0.2) is 0 Å². The average molecular weight is 411 g/mol. The van der Waals surface area contributed by atoms with Crippen LogP contribution in [0.15, 0.2) is 28.8 Å². The third kappa shape index (κ3) is 6.01. The van der Waals surface area contributed by atoms with Gasteiger partial charge in [0.15, 0.2) is 0 Å². The molecule has 0 radical (unpaired) electrons. The van der Waals surface area contributed by atoms with Crippen LogP contribution < -0.4 is 5.32 Å². The van der Waals surface area contributed by atoms with E-state index in [4.69, 9.17) is 4.52 Å². The van der Waals surface area contributed by atoms with Gasteiger partial charge in [-0.2, -0.15) is 18.2 Å². The molecule has 0 atom stereocenters. The Morgan fingerprint density at radius 3 is 2.55 bits per heavy atom. The van der Waals surface area contributed by atoms with Crippen molar-refractivity contribution >= 4 is 5.91 Å². The van der Waals surface area contributed by atoms with Crippen LogP contribution in [-0.2, 0) is 17.5 Å². The molecule has 1 N–H and O–H groups in total. The van der Waals surface area contributed by atoms with Crippen LogP contribution in [0.3, 0.4) is 0 Å². The third-order valence-corrected chi connectivity index (χ3v) is 4.56. The van der Waals surface area contributed by atoms with Gasteiger partial charge in [-0.1, -0.05) is 17.3 Å². The fourth-order valence-electron chi connectivity index (χ4n) is 3.14. The van der Waals surface area contributed by atoms with E-state index in [1.165, 1.54) is 12.1 Å². The quantitative estimate of drug-likeness (QED) is 0.787. The van der Waals surface area contributed by atoms with E-state index in [9.17, 15) is 18.0 Å². The van der Waals surface area contributed by atoms with E-state index in [0.717, 1.165) is 38.3 Å². The molecular formula is C19H24F3N5O2. The van der Waals surface area contributed by atoms with Crippen molar-refractivity contribution in [2.45, 2.75) is 32.6 Å². The van der Waals surface area contributed by atoms with Crippen LogP contribution in [0.4, 0.5) is 13.2 Å². The second-order valence-corrected chi connectivity index (χ2v) is 7.36. The maximum absolute atomic E-state index is 12.9. The molecule has 1 saturated heterocycles. The van der Waals surface area contributed by atoms with Crippen molar-refractivity contribution in [2.75, 3.05) is 32.7 Å². The number of nitrogens with one attached hydrogen (secondary N) is 1. The molecule has 2 aromatic rings. The van der Waals surface area contributed by atoms with Crippen LogP contribution >= 0.6 is 0 Å². The molecule has 0 bridgehead atoms. The van der Waals surface area contributed by atoms with Gasteiger partial charge in [0.2, 0.25) is 17.6 Å². The van der Waals surface area contributed by atoms with Gasteiger partial charge in [-0.05, 0) is 26.0 Å². The Balaban J connectivity index is 1.53. The van der Waals surface area contributed by atoms with Crippen molar-refractivity contribution in [1.29, 1.82) is 0 Å². The lowest BCUT2D eigenvalue weighted by Gasteiger charge is -2.33. The number of hydrogen-bond acceptors (Lipinski definition) is 6. The van der Waals surface area contributed by atoms with E-state index in [2.05, 4.69) is 25.3 Å². The van der Waals surface area contributed by atoms with Crippen molar-refractivity contribution < 1.29 is 22.5 Å². The van der Waals surface area contributed by atoms with Crippen LogP contribution in [0, 0.1) is 0 Å². The number of aromatic nitrogens is 2. The van der Waals surface area contributed by atoms with Crippen molar-refractivity contribution in [3.05, 3.63) is 35.7 Å². The highest BCUT2D eigenvalue weighted by molar-refractivity contribution is 5.78. The minimum absolute atomic E-state index is 0.0103. The molecule has 7 nitrogen and oxygen atoms in total. The van der Waals surface area contributed by atoms with Crippen molar-refractivity contribution in [1.82, 2.24) is 25.3 Å². The molecule has 10 heteroatoms. The molecule has 1 aromatic carbocycles. The summed E-state index contributed by atoms with van der Waals surface area (Å²) in [7, 11) is 0. The van der Waals surface area contributed by atoms with Crippen LogP contribution in [0.2, 0.25) is 0 Å². The van der Waals surface area contributed by atoms with Gasteiger partial charge >= 0.3 is 6.18 Å². The monoisotopic (exact) mass is 411 g/mol. The predicted octanol–water partition coefficient (Wildman–Crippen LogP) is 2.40. The number of nitrogens with zero attached hydrogens (tertiary/aromatic N) is 4. The molecule has 0 saturated carbocycles. The highest BCUT2D eigenvalue weighted by Gasteiger charge is 2.31. The first-order valence-electron chi connectivity index (χ1n) is 9.45. The normalized spacial score (nSPS) is 16.3. The number of hydrogen-bond donors (Lipinski definition) is 1. The van der Waals surface area contributed by atoms with Crippen LogP contribution in [-0.4, -0.2) is 64.6 Å². The minimum atomic E-state index is -4.42. The second-order valence-electron chi connectivity index (χ2n) is 7.36. The fourth-order valence-corrected chi connectivity index (χ4v) is 3.14. The molecule has 1 aliphatic rings. The van der Waals surface area contributed by atoms with E-state index >= 15 is 0 Å². The molecule has 1 aromatic heterocycles. The molecule has 0 aliphatic carbocycles. The smallest absolute Gasteiger partial charge is 0.353 e. The lowest BCUT2D eigenvalue weighted by atomic mass is 10.1. The molecule has 1 fully saturated rings. The number of carbonyl (C=O) groups is 1. The van der Waals surface area contributed by atoms with Crippen molar-refractivity contribution in [2.24, 2.45) is 0 Å². The van der Waals surface area contributed by atoms with Gasteiger partial charge < -0.3 is 9.84 Å². The molecule has 29 heavy (non-hydrogen) atoms.